The zero-order chi connectivity index (χ0) is 23.0. The highest BCUT2D eigenvalue weighted by atomic mass is 32.2. The first-order chi connectivity index (χ1) is 15.9. The van der Waals surface area contributed by atoms with Crippen LogP contribution in [0.5, 0.6) is 0 Å². The lowest BCUT2D eigenvalue weighted by molar-refractivity contribution is 0.102. The summed E-state index contributed by atoms with van der Waals surface area (Å²) in [6.45, 7) is 2.53. The number of aromatic nitrogens is 4. The largest absolute Gasteiger partial charge is 0.300 e. The van der Waals surface area contributed by atoms with E-state index in [1.165, 1.54) is 29.8 Å². The molecule has 12 heteroatoms. The Bertz CT molecular complexity index is 1430. The molecule has 0 unspecified atom stereocenters. The first kappa shape index (κ1) is 21.5. The van der Waals surface area contributed by atoms with Gasteiger partial charge >= 0.3 is 0 Å². The molecule has 1 amide bonds. The Balaban J connectivity index is 1.33. The van der Waals surface area contributed by atoms with E-state index in [2.05, 4.69) is 37.1 Å². The average Bonchev–Trinajstić information content (AvgIpc) is 3.32. The molecule has 0 aliphatic carbocycles. The van der Waals surface area contributed by atoms with Gasteiger partial charge in [0.1, 0.15) is 4.90 Å². The van der Waals surface area contributed by atoms with Crippen molar-refractivity contribution in [1.82, 2.24) is 24.6 Å². The summed E-state index contributed by atoms with van der Waals surface area (Å²) < 4.78 is 30.2. The van der Waals surface area contributed by atoms with Crippen molar-refractivity contribution in [1.29, 1.82) is 0 Å². The molecule has 0 spiro atoms. The lowest BCUT2D eigenvalue weighted by Gasteiger charge is -2.10. The first-order valence-corrected chi connectivity index (χ1v) is 12.6. The molecule has 0 radical (unpaired) electrons. The van der Waals surface area contributed by atoms with Crippen LogP contribution in [0.25, 0.3) is 10.2 Å². The standard InChI is InChI=1S/C21H21N7O3S2/c1-27-8-3-9-28-15(13-27)11-18(25-28)20(29)24-21-23-17-6-5-14(10-19(17)32-21)26-33(30,31)16-4-2-7-22-12-16/h2,4-7,10-12,26H,3,8-9,13H2,1H3,(H,23,24,29). The summed E-state index contributed by atoms with van der Waals surface area (Å²) in [5.74, 6) is -0.324. The molecular formula is C21H21N7O3S2. The number of thiazole rings is 1. The minimum atomic E-state index is -3.75. The molecule has 33 heavy (non-hydrogen) atoms. The number of amides is 1. The van der Waals surface area contributed by atoms with Crippen LogP contribution in [-0.2, 0) is 23.1 Å². The Hall–Kier alpha value is -3.35. The summed E-state index contributed by atoms with van der Waals surface area (Å²) in [6.07, 6.45) is 3.78. The van der Waals surface area contributed by atoms with Crippen LogP contribution in [0, 0.1) is 0 Å². The summed E-state index contributed by atoms with van der Waals surface area (Å²) in [5, 5.41) is 7.68. The fourth-order valence-corrected chi connectivity index (χ4v) is 5.57. The van der Waals surface area contributed by atoms with Gasteiger partial charge in [0.05, 0.1) is 21.6 Å². The highest BCUT2D eigenvalue weighted by Crippen LogP contribution is 2.29. The number of carbonyl (C=O) groups excluding carboxylic acids is 1. The smallest absolute Gasteiger partial charge is 0.277 e. The van der Waals surface area contributed by atoms with Crippen LogP contribution in [0.15, 0.2) is 53.7 Å². The zero-order valence-corrected chi connectivity index (χ0v) is 19.4. The molecule has 1 aliphatic heterocycles. The van der Waals surface area contributed by atoms with Crippen molar-refractivity contribution in [2.24, 2.45) is 0 Å². The van der Waals surface area contributed by atoms with Crippen molar-refractivity contribution >= 4 is 48.3 Å². The number of rotatable bonds is 5. The fraction of sp³-hybridized carbons (Fsp3) is 0.238. The van der Waals surface area contributed by atoms with Gasteiger partial charge in [-0.2, -0.15) is 5.10 Å². The maximum Gasteiger partial charge on any atom is 0.277 e. The predicted molar refractivity (Wildman–Crippen MR) is 126 cm³/mol. The molecule has 0 bridgehead atoms. The second-order valence-electron chi connectivity index (χ2n) is 7.79. The predicted octanol–water partition coefficient (Wildman–Crippen LogP) is 2.78. The molecule has 0 fully saturated rings. The maximum absolute atomic E-state index is 12.8. The van der Waals surface area contributed by atoms with E-state index in [0.29, 0.717) is 22.0 Å². The molecule has 3 aromatic heterocycles. The van der Waals surface area contributed by atoms with Crippen LogP contribution in [0.4, 0.5) is 10.8 Å². The Morgan fingerprint density at radius 3 is 2.88 bits per heavy atom. The van der Waals surface area contributed by atoms with Gasteiger partial charge in [0, 0.05) is 32.0 Å². The van der Waals surface area contributed by atoms with Crippen LogP contribution in [0.1, 0.15) is 22.6 Å². The van der Waals surface area contributed by atoms with E-state index < -0.39 is 10.0 Å². The number of fused-ring (bicyclic) bond motifs is 2. The van der Waals surface area contributed by atoms with E-state index in [1.807, 2.05) is 10.7 Å². The quantitative estimate of drug-likeness (QED) is 0.448. The van der Waals surface area contributed by atoms with Crippen molar-refractivity contribution in [3.05, 3.63) is 60.2 Å². The van der Waals surface area contributed by atoms with E-state index in [0.717, 1.165) is 36.4 Å². The number of sulfonamides is 1. The minimum absolute atomic E-state index is 0.0759. The van der Waals surface area contributed by atoms with Crippen molar-refractivity contribution in [2.75, 3.05) is 23.6 Å². The topological polar surface area (TPSA) is 122 Å². The molecule has 4 aromatic rings. The van der Waals surface area contributed by atoms with E-state index in [1.54, 1.807) is 24.3 Å². The summed E-state index contributed by atoms with van der Waals surface area (Å²) in [6, 6.07) is 9.87. The molecular weight excluding hydrogens is 462 g/mol. The number of benzene rings is 1. The van der Waals surface area contributed by atoms with Crippen LogP contribution >= 0.6 is 11.3 Å². The van der Waals surface area contributed by atoms with E-state index >= 15 is 0 Å². The summed E-state index contributed by atoms with van der Waals surface area (Å²) in [7, 11) is -1.70. The molecule has 170 valence electrons. The molecule has 1 aliphatic rings. The van der Waals surface area contributed by atoms with Crippen molar-refractivity contribution < 1.29 is 13.2 Å². The number of nitrogens with zero attached hydrogens (tertiary/aromatic N) is 5. The number of anilines is 2. The lowest BCUT2D eigenvalue weighted by Crippen LogP contribution is -2.17. The number of aryl methyl sites for hydroxylation is 1. The minimum Gasteiger partial charge on any atom is -0.300 e. The normalized spacial score (nSPS) is 14.6. The van der Waals surface area contributed by atoms with Gasteiger partial charge in [-0.25, -0.2) is 13.4 Å². The van der Waals surface area contributed by atoms with Gasteiger partial charge in [0.15, 0.2) is 10.8 Å². The van der Waals surface area contributed by atoms with Crippen LogP contribution < -0.4 is 10.0 Å². The van der Waals surface area contributed by atoms with E-state index in [-0.39, 0.29) is 10.8 Å². The third-order valence-corrected chi connectivity index (χ3v) is 7.54. The second kappa shape index (κ2) is 8.54. The van der Waals surface area contributed by atoms with Crippen LogP contribution in [0.3, 0.4) is 0 Å². The Kier molecular flexibility index (Phi) is 5.56. The van der Waals surface area contributed by atoms with Crippen molar-refractivity contribution in [3.8, 4) is 0 Å². The third-order valence-electron chi connectivity index (χ3n) is 5.24. The van der Waals surface area contributed by atoms with Crippen LogP contribution in [-0.4, -0.2) is 52.6 Å². The number of hydrogen-bond donors (Lipinski definition) is 2. The van der Waals surface area contributed by atoms with Gasteiger partial charge < -0.3 is 4.90 Å². The number of hydrogen-bond acceptors (Lipinski definition) is 8. The van der Waals surface area contributed by atoms with Gasteiger partial charge in [0.25, 0.3) is 15.9 Å². The molecule has 0 atom stereocenters. The summed E-state index contributed by atoms with van der Waals surface area (Å²) >= 11 is 1.26. The first-order valence-electron chi connectivity index (χ1n) is 10.3. The summed E-state index contributed by atoms with van der Waals surface area (Å²) in [4.78, 5) is 23.3. The average molecular weight is 484 g/mol. The van der Waals surface area contributed by atoms with Gasteiger partial charge in [-0.15, -0.1) is 0 Å². The Morgan fingerprint density at radius 1 is 1.18 bits per heavy atom. The monoisotopic (exact) mass is 483 g/mol. The van der Waals surface area contributed by atoms with Gasteiger partial charge in [-0.05, 0) is 49.9 Å². The van der Waals surface area contributed by atoms with Crippen LogP contribution in [0.2, 0.25) is 0 Å². The summed E-state index contributed by atoms with van der Waals surface area (Å²) in [5.41, 5.74) is 2.41. The van der Waals surface area contributed by atoms with Gasteiger partial charge in [0.2, 0.25) is 0 Å². The molecule has 4 heterocycles. The molecule has 5 rings (SSSR count). The maximum atomic E-state index is 12.8. The Labute approximate surface area is 194 Å². The highest BCUT2D eigenvalue weighted by molar-refractivity contribution is 7.92. The van der Waals surface area contributed by atoms with E-state index in [4.69, 9.17) is 0 Å². The number of pyridine rings is 1. The van der Waals surface area contributed by atoms with Gasteiger partial charge in [-0.3, -0.25) is 24.5 Å². The number of carbonyl (C=O) groups is 1. The van der Waals surface area contributed by atoms with Crippen molar-refractivity contribution in [3.63, 3.8) is 0 Å². The van der Waals surface area contributed by atoms with Gasteiger partial charge in [-0.1, -0.05) is 11.3 Å². The highest BCUT2D eigenvalue weighted by Gasteiger charge is 2.19. The van der Waals surface area contributed by atoms with E-state index in [9.17, 15) is 13.2 Å². The molecule has 2 N–H and O–H groups in total. The molecule has 10 nitrogen and oxygen atoms in total. The lowest BCUT2D eigenvalue weighted by atomic mass is 10.3. The molecule has 0 saturated heterocycles. The zero-order valence-electron chi connectivity index (χ0n) is 17.7. The second-order valence-corrected chi connectivity index (χ2v) is 10.5. The van der Waals surface area contributed by atoms with Crippen molar-refractivity contribution in [2.45, 2.75) is 24.4 Å². The Morgan fingerprint density at radius 2 is 2.06 bits per heavy atom. The number of nitrogens with one attached hydrogen (secondary N) is 2. The SMILES string of the molecule is CN1CCCn2nc(C(=O)Nc3nc4ccc(NS(=O)(=O)c5cccnc5)cc4s3)cc2C1. The molecule has 1 aromatic carbocycles. The third kappa shape index (κ3) is 4.58. The fourth-order valence-electron chi connectivity index (χ4n) is 3.66. The molecule has 0 saturated carbocycles.